The van der Waals surface area contributed by atoms with Gasteiger partial charge >= 0.3 is 5.97 Å². The van der Waals surface area contributed by atoms with Crippen molar-refractivity contribution in [3.05, 3.63) is 35.2 Å². The quantitative estimate of drug-likeness (QED) is 0.900. The number of methoxy groups -OCH3 is 1. The van der Waals surface area contributed by atoms with Crippen LogP contribution in [0.2, 0.25) is 5.02 Å². The topological polar surface area (TPSA) is 77.2 Å². The van der Waals surface area contributed by atoms with Gasteiger partial charge in [0.2, 0.25) is 5.88 Å². The summed E-state index contributed by atoms with van der Waals surface area (Å²) in [4.78, 5) is 14.6. The highest BCUT2D eigenvalue weighted by Gasteiger charge is 2.11. The minimum Gasteiger partial charge on any atom is -0.481 e. The van der Waals surface area contributed by atoms with E-state index in [-0.39, 0.29) is 5.69 Å². The molecule has 0 atom stereocenters. The Labute approximate surface area is 101 Å². The van der Waals surface area contributed by atoms with Gasteiger partial charge in [0, 0.05) is 12.3 Å². The lowest BCUT2D eigenvalue weighted by atomic mass is 10.4. The van der Waals surface area contributed by atoms with E-state index < -0.39 is 5.97 Å². The van der Waals surface area contributed by atoms with Crippen LogP contribution in [-0.4, -0.2) is 33.0 Å². The van der Waals surface area contributed by atoms with Crippen LogP contribution < -0.4 is 4.74 Å². The molecule has 0 aliphatic rings. The van der Waals surface area contributed by atoms with Crippen molar-refractivity contribution in [3.63, 3.8) is 0 Å². The molecule has 1 N–H and O–H groups in total. The number of aromatic nitrogens is 3. The molecule has 2 heterocycles. The Morgan fingerprint density at radius 3 is 2.94 bits per heavy atom. The largest absolute Gasteiger partial charge is 0.481 e. The Morgan fingerprint density at radius 2 is 2.35 bits per heavy atom. The second kappa shape index (κ2) is 4.42. The van der Waals surface area contributed by atoms with Gasteiger partial charge in [0.25, 0.3) is 0 Å². The maximum Gasteiger partial charge on any atom is 0.356 e. The van der Waals surface area contributed by atoms with Gasteiger partial charge in [-0.05, 0) is 6.07 Å². The Morgan fingerprint density at radius 1 is 1.59 bits per heavy atom. The molecule has 0 aliphatic carbocycles. The summed E-state index contributed by atoms with van der Waals surface area (Å²) >= 11 is 5.95. The smallest absolute Gasteiger partial charge is 0.356 e. The summed E-state index contributed by atoms with van der Waals surface area (Å²) in [5, 5.41) is 13.0. The highest BCUT2D eigenvalue weighted by Crippen LogP contribution is 2.22. The van der Waals surface area contributed by atoms with E-state index in [0.29, 0.717) is 16.6 Å². The zero-order valence-electron chi connectivity index (χ0n) is 8.79. The molecule has 0 fully saturated rings. The summed E-state index contributed by atoms with van der Waals surface area (Å²) in [6.07, 6.45) is 2.92. The summed E-state index contributed by atoms with van der Waals surface area (Å²) in [5.41, 5.74) is 0.447. The number of nitrogens with zero attached hydrogens (tertiary/aromatic N) is 3. The molecule has 6 nitrogen and oxygen atoms in total. The lowest BCUT2D eigenvalue weighted by Crippen LogP contribution is -2.02. The van der Waals surface area contributed by atoms with Gasteiger partial charge in [0.1, 0.15) is 0 Å². The average Bonchev–Trinajstić information content (AvgIpc) is 2.79. The molecule has 0 aromatic carbocycles. The molecule has 17 heavy (non-hydrogen) atoms. The van der Waals surface area contributed by atoms with Crippen LogP contribution in [0.25, 0.3) is 5.69 Å². The van der Waals surface area contributed by atoms with Crippen molar-refractivity contribution in [2.24, 2.45) is 0 Å². The van der Waals surface area contributed by atoms with Crippen LogP contribution in [0.3, 0.4) is 0 Å². The third-order valence-corrected chi connectivity index (χ3v) is 2.37. The third-order valence-electron chi connectivity index (χ3n) is 2.07. The number of hydrogen-bond donors (Lipinski definition) is 1. The van der Waals surface area contributed by atoms with Crippen LogP contribution in [0.5, 0.6) is 5.88 Å². The first-order valence-corrected chi connectivity index (χ1v) is 4.98. The summed E-state index contributed by atoms with van der Waals surface area (Å²) in [7, 11) is 1.48. The molecule has 7 heteroatoms. The molecule has 0 unspecified atom stereocenters. The van der Waals surface area contributed by atoms with Crippen molar-refractivity contribution < 1.29 is 14.6 Å². The van der Waals surface area contributed by atoms with Crippen molar-refractivity contribution in [1.82, 2.24) is 14.8 Å². The van der Waals surface area contributed by atoms with E-state index in [1.165, 1.54) is 30.3 Å². The Balaban J connectivity index is 2.47. The highest BCUT2D eigenvalue weighted by atomic mass is 35.5. The molecular weight excluding hydrogens is 246 g/mol. The Bertz CT molecular complexity index is 568. The maximum absolute atomic E-state index is 10.7. The molecule has 2 rings (SSSR count). The fraction of sp³-hybridized carbons (Fsp3) is 0.100. The Kier molecular flexibility index (Phi) is 2.97. The summed E-state index contributed by atoms with van der Waals surface area (Å²) in [5.74, 6) is -0.724. The molecule has 0 spiro atoms. The van der Waals surface area contributed by atoms with E-state index in [2.05, 4.69) is 10.1 Å². The van der Waals surface area contributed by atoms with Crippen molar-refractivity contribution in [2.75, 3.05) is 7.11 Å². The first kappa shape index (κ1) is 11.4. The number of ether oxygens (including phenoxy) is 1. The standard InChI is InChI=1S/C10H8ClN3O3/c1-17-9-4-8(6(11)5-12-9)14-3-2-7(13-14)10(15)16/h2-5H,1H3,(H,15,16). The van der Waals surface area contributed by atoms with Gasteiger partial charge in [-0.1, -0.05) is 11.6 Å². The molecule has 0 aliphatic heterocycles. The summed E-state index contributed by atoms with van der Waals surface area (Å²) in [6, 6.07) is 2.95. The van der Waals surface area contributed by atoms with Gasteiger partial charge in [-0.3, -0.25) is 0 Å². The van der Waals surface area contributed by atoms with E-state index in [1.807, 2.05) is 0 Å². The van der Waals surface area contributed by atoms with Crippen LogP contribution in [-0.2, 0) is 0 Å². The predicted molar refractivity (Wildman–Crippen MR) is 59.9 cm³/mol. The molecule has 0 amide bonds. The zero-order valence-corrected chi connectivity index (χ0v) is 9.55. The predicted octanol–water partition coefficient (Wildman–Crippen LogP) is 1.63. The van der Waals surface area contributed by atoms with Crippen LogP contribution in [0.15, 0.2) is 24.5 Å². The average molecular weight is 254 g/mol. The molecular formula is C10H8ClN3O3. The summed E-state index contributed by atoms with van der Waals surface area (Å²) in [6.45, 7) is 0. The van der Waals surface area contributed by atoms with Crippen LogP contribution in [0, 0.1) is 0 Å². The minimum absolute atomic E-state index is 0.0585. The van der Waals surface area contributed by atoms with Crippen molar-refractivity contribution in [2.45, 2.75) is 0 Å². The number of rotatable bonds is 3. The van der Waals surface area contributed by atoms with Gasteiger partial charge in [-0.25, -0.2) is 14.5 Å². The maximum atomic E-state index is 10.7. The van der Waals surface area contributed by atoms with Gasteiger partial charge in [0.05, 0.1) is 24.0 Å². The van der Waals surface area contributed by atoms with Crippen LogP contribution >= 0.6 is 11.6 Å². The van der Waals surface area contributed by atoms with Crippen molar-refractivity contribution in [3.8, 4) is 11.6 Å². The monoisotopic (exact) mass is 253 g/mol. The normalized spacial score (nSPS) is 10.2. The fourth-order valence-corrected chi connectivity index (χ4v) is 1.46. The van der Waals surface area contributed by atoms with E-state index >= 15 is 0 Å². The lowest BCUT2D eigenvalue weighted by Gasteiger charge is -2.05. The van der Waals surface area contributed by atoms with Gasteiger partial charge in [0.15, 0.2) is 5.69 Å². The van der Waals surface area contributed by atoms with E-state index in [1.54, 1.807) is 6.07 Å². The first-order chi connectivity index (χ1) is 8.11. The van der Waals surface area contributed by atoms with E-state index in [0.717, 1.165) is 0 Å². The van der Waals surface area contributed by atoms with Gasteiger partial charge in [-0.15, -0.1) is 0 Å². The SMILES string of the molecule is COc1cc(-n2ccc(C(=O)O)n2)c(Cl)cn1. The number of carboxylic acid groups (broad SMARTS) is 1. The second-order valence-corrected chi connectivity index (χ2v) is 3.54. The van der Waals surface area contributed by atoms with Gasteiger partial charge < -0.3 is 9.84 Å². The van der Waals surface area contributed by atoms with Crippen molar-refractivity contribution in [1.29, 1.82) is 0 Å². The first-order valence-electron chi connectivity index (χ1n) is 4.60. The number of aromatic carboxylic acids is 1. The fourth-order valence-electron chi connectivity index (χ4n) is 1.27. The summed E-state index contributed by atoms with van der Waals surface area (Å²) < 4.78 is 6.32. The number of hydrogen-bond acceptors (Lipinski definition) is 4. The molecule has 88 valence electrons. The number of carbonyl (C=O) groups is 1. The van der Waals surface area contributed by atoms with Gasteiger partial charge in [-0.2, -0.15) is 5.10 Å². The molecule has 0 radical (unpaired) electrons. The lowest BCUT2D eigenvalue weighted by molar-refractivity contribution is 0.0690. The van der Waals surface area contributed by atoms with E-state index in [9.17, 15) is 4.79 Å². The molecule has 0 saturated carbocycles. The van der Waals surface area contributed by atoms with Crippen LogP contribution in [0.1, 0.15) is 10.5 Å². The highest BCUT2D eigenvalue weighted by molar-refractivity contribution is 6.32. The molecule has 2 aromatic heterocycles. The third kappa shape index (κ3) is 2.21. The van der Waals surface area contributed by atoms with Crippen molar-refractivity contribution >= 4 is 17.6 Å². The number of halogens is 1. The second-order valence-electron chi connectivity index (χ2n) is 3.13. The van der Waals surface area contributed by atoms with Crippen LogP contribution in [0.4, 0.5) is 0 Å². The van der Waals surface area contributed by atoms with E-state index in [4.69, 9.17) is 21.4 Å². The molecule has 0 saturated heterocycles. The molecule has 0 bridgehead atoms. The number of carboxylic acids is 1. The zero-order chi connectivity index (χ0) is 12.4. The molecule has 2 aromatic rings. The number of pyridine rings is 1. The minimum atomic E-state index is -1.10. The Hall–Kier alpha value is -2.08.